The Labute approximate surface area is 95.1 Å². The van der Waals surface area contributed by atoms with Crippen molar-refractivity contribution in [1.29, 1.82) is 0 Å². The van der Waals surface area contributed by atoms with Gasteiger partial charge in [0.25, 0.3) is 0 Å². The third kappa shape index (κ3) is 2.60. The molecule has 1 N–H and O–H groups in total. The first kappa shape index (κ1) is 12.7. The van der Waals surface area contributed by atoms with Crippen LogP contribution in [0.1, 0.15) is 26.3 Å². The van der Waals surface area contributed by atoms with Crippen LogP contribution in [0.3, 0.4) is 0 Å². The van der Waals surface area contributed by atoms with Crippen LogP contribution in [0.15, 0.2) is 24.3 Å². The maximum atomic E-state index is 13.0. The summed E-state index contributed by atoms with van der Waals surface area (Å²) in [5.41, 5.74) is -0.132. The molecule has 1 unspecified atom stereocenters. The summed E-state index contributed by atoms with van der Waals surface area (Å²) in [5.74, 6) is -1.17. The van der Waals surface area contributed by atoms with Gasteiger partial charge in [-0.3, -0.25) is 4.79 Å². The first-order chi connectivity index (χ1) is 7.36. The smallest absolute Gasteiger partial charge is 0.309 e. The fourth-order valence-electron chi connectivity index (χ4n) is 1.60. The fourth-order valence-corrected chi connectivity index (χ4v) is 1.60. The summed E-state index contributed by atoms with van der Waals surface area (Å²) in [5, 5.41) is 9.24. The molecule has 3 heteroatoms. The van der Waals surface area contributed by atoms with E-state index in [2.05, 4.69) is 0 Å². The lowest BCUT2D eigenvalue weighted by Gasteiger charge is -2.29. The summed E-state index contributed by atoms with van der Waals surface area (Å²) in [7, 11) is 0. The van der Waals surface area contributed by atoms with Gasteiger partial charge in [0.1, 0.15) is 5.82 Å². The molecule has 0 aliphatic carbocycles. The average Bonchev–Trinajstić information content (AvgIpc) is 2.16. The van der Waals surface area contributed by atoms with Crippen molar-refractivity contribution < 1.29 is 14.3 Å². The summed E-state index contributed by atoms with van der Waals surface area (Å²) < 4.78 is 13.0. The van der Waals surface area contributed by atoms with Gasteiger partial charge in [-0.15, -0.1) is 0 Å². The summed E-state index contributed by atoms with van der Waals surface area (Å²) in [6, 6.07) is 6.11. The molecule has 1 atom stereocenters. The van der Waals surface area contributed by atoms with E-state index in [1.54, 1.807) is 19.1 Å². The van der Waals surface area contributed by atoms with Gasteiger partial charge >= 0.3 is 5.97 Å². The van der Waals surface area contributed by atoms with Crippen LogP contribution >= 0.6 is 0 Å². The molecule has 0 saturated heterocycles. The Morgan fingerprint density at radius 1 is 1.50 bits per heavy atom. The molecular formula is C13H17FO2. The number of hydrogen-bond acceptors (Lipinski definition) is 1. The summed E-state index contributed by atoms with van der Waals surface area (Å²) >= 11 is 0. The summed E-state index contributed by atoms with van der Waals surface area (Å²) in [6.45, 7) is 5.44. The Kier molecular flexibility index (Phi) is 3.68. The molecule has 0 aliphatic heterocycles. The number of carboxylic acids is 1. The van der Waals surface area contributed by atoms with Crippen molar-refractivity contribution in [3.05, 3.63) is 35.6 Å². The van der Waals surface area contributed by atoms with Gasteiger partial charge < -0.3 is 5.11 Å². The van der Waals surface area contributed by atoms with Gasteiger partial charge in [0.2, 0.25) is 0 Å². The van der Waals surface area contributed by atoms with Gasteiger partial charge in [-0.25, -0.2) is 4.39 Å². The Balaban J connectivity index is 2.97. The first-order valence-electron chi connectivity index (χ1n) is 5.34. The largest absolute Gasteiger partial charge is 0.481 e. The van der Waals surface area contributed by atoms with Crippen LogP contribution in [0.2, 0.25) is 0 Å². The Morgan fingerprint density at radius 3 is 2.56 bits per heavy atom. The molecule has 0 saturated carbocycles. The van der Waals surface area contributed by atoms with Gasteiger partial charge in [0, 0.05) is 0 Å². The van der Waals surface area contributed by atoms with Gasteiger partial charge in [0.05, 0.1) is 5.41 Å². The zero-order valence-electron chi connectivity index (χ0n) is 9.83. The SMILES string of the molecule is CC(C)C(C)(Cc1cccc(F)c1)C(=O)O. The second kappa shape index (κ2) is 4.64. The van der Waals surface area contributed by atoms with Crippen molar-refractivity contribution in [3.8, 4) is 0 Å². The van der Waals surface area contributed by atoms with Crippen LogP contribution in [0.4, 0.5) is 4.39 Å². The van der Waals surface area contributed by atoms with Gasteiger partial charge in [0.15, 0.2) is 0 Å². The van der Waals surface area contributed by atoms with Crippen molar-refractivity contribution in [1.82, 2.24) is 0 Å². The fraction of sp³-hybridized carbons (Fsp3) is 0.462. The van der Waals surface area contributed by atoms with E-state index in [0.717, 1.165) is 5.56 Å². The van der Waals surface area contributed by atoms with E-state index in [1.807, 2.05) is 13.8 Å². The highest BCUT2D eigenvalue weighted by molar-refractivity contribution is 5.74. The molecule has 0 aliphatic rings. The van der Waals surface area contributed by atoms with Gasteiger partial charge in [-0.1, -0.05) is 26.0 Å². The van der Waals surface area contributed by atoms with Crippen molar-refractivity contribution in [2.75, 3.05) is 0 Å². The van der Waals surface area contributed by atoms with Gasteiger partial charge in [-0.05, 0) is 37.0 Å². The molecule has 0 radical (unpaired) electrons. The number of aliphatic carboxylic acids is 1. The van der Waals surface area contributed by atoms with Crippen molar-refractivity contribution in [3.63, 3.8) is 0 Å². The Hall–Kier alpha value is -1.38. The highest BCUT2D eigenvalue weighted by Crippen LogP contribution is 2.31. The van der Waals surface area contributed by atoms with E-state index in [9.17, 15) is 14.3 Å². The van der Waals surface area contributed by atoms with Crippen LogP contribution in [0.5, 0.6) is 0 Å². The molecule has 16 heavy (non-hydrogen) atoms. The molecule has 0 aromatic heterocycles. The maximum Gasteiger partial charge on any atom is 0.309 e. The zero-order valence-corrected chi connectivity index (χ0v) is 9.83. The molecule has 1 aromatic rings. The highest BCUT2D eigenvalue weighted by Gasteiger charge is 2.36. The monoisotopic (exact) mass is 224 g/mol. The minimum absolute atomic E-state index is 0.00623. The van der Waals surface area contributed by atoms with E-state index < -0.39 is 11.4 Å². The molecule has 0 bridgehead atoms. The van der Waals surface area contributed by atoms with Crippen LogP contribution in [0.25, 0.3) is 0 Å². The van der Waals surface area contributed by atoms with E-state index in [4.69, 9.17) is 0 Å². The van der Waals surface area contributed by atoms with Crippen molar-refractivity contribution in [2.45, 2.75) is 27.2 Å². The van der Waals surface area contributed by atoms with Gasteiger partial charge in [-0.2, -0.15) is 0 Å². The minimum Gasteiger partial charge on any atom is -0.481 e. The number of carboxylic acid groups (broad SMARTS) is 1. The lowest BCUT2D eigenvalue weighted by molar-refractivity contribution is -0.150. The van der Waals surface area contributed by atoms with Crippen molar-refractivity contribution >= 4 is 5.97 Å². The van der Waals surface area contributed by atoms with Crippen molar-refractivity contribution in [2.24, 2.45) is 11.3 Å². The normalized spacial score (nSPS) is 14.8. The van der Waals surface area contributed by atoms with E-state index in [1.165, 1.54) is 12.1 Å². The second-order valence-corrected chi connectivity index (χ2v) is 4.68. The summed E-state index contributed by atoms with van der Waals surface area (Å²) in [4.78, 5) is 11.3. The van der Waals surface area contributed by atoms with Crippen LogP contribution in [0, 0.1) is 17.2 Å². The lowest BCUT2D eigenvalue weighted by atomic mass is 9.74. The molecule has 0 fully saturated rings. The van der Waals surface area contributed by atoms with E-state index in [0.29, 0.717) is 6.42 Å². The molecule has 88 valence electrons. The minimum atomic E-state index is -0.853. The lowest BCUT2D eigenvalue weighted by Crippen LogP contribution is -2.35. The molecule has 1 rings (SSSR count). The zero-order chi connectivity index (χ0) is 12.3. The molecule has 0 heterocycles. The van der Waals surface area contributed by atoms with Crippen LogP contribution in [-0.4, -0.2) is 11.1 Å². The third-order valence-electron chi connectivity index (χ3n) is 3.22. The number of carbonyl (C=O) groups is 1. The third-order valence-corrected chi connectivity index (χ3v) is 3.22. The summed E-state index contributed by atoms with van der Waals surface area (Å²) in [6.07, 6.45) is 0.345. The number of rotatable bonds is 4. The number of benzene rings is 1. The average molecular weight is 224 g/mol. The van der Waals surface area contributed by atoms with Crippen LogP contribution in [-0.2, 0) is 11.2 Å². The highest BCUT2D eigenvalue weighted by atomic mass is 19.1. The molecule has 0 amide bonds. The predicted molar refractivity (Wildman–Crippen MR) is 60.7 cm³/mol. The molecule has 0 spiro atoms. The van der Waals surface area contributed by atoms with E-state index >= 15 is 0 Å². The standard InChI is InChI=1S/C13H17FO2/c1-9(2)13(3,12(15)16)8-10-5-4-6-11(14)7-10/h4-7,9H,8H2,1-3H3,(H,15,16). The van der Waals surface area contributed by atoms with Crippen LogP contribution < -0.4 is 0 Å². The predicted octanol–water partition coefficient (Wildman–Crippen LogP) is 3.12. The topological polar surface area (TPSA) is 37.3 Å². The molecular weight excluding hydrogens is 207 g/mol. The Morgan fingerprint density at radius 2 is 2.12 bits per heavy atom. The molecule has 2 nitrogen and oxygen atoms in total. The number of hydrogen-bond donors (Lipinski definition) is 1. The maximum absolute atomic E-state index is 13.0. The first-order valence-corrected chi connectivity index (χ1v) is 5.34. The quantitative estimate of drug-likeness (QED) is 0.853. The molecule has 1 aromatic carbocycles. The Bertz CT molecular complexity index is 387. The second-order valence-electron chi connectivity index (χ2n) is 4.68. The number of halogens is 1. The van der Waals surface area contributed by atoms with E-state index in [-0.39, 0.29) is 11.7 Å².